The van der Waals surface area contributed by atoms with Gasteiger partial charge in [0.1, 0.15) is 0 Å². The van der Waals surface area contributed by atoms with Gasteiger partial charge in [-0.15, -0.1) is 0 Å². The third-order valence-corrected chi connectivity index (χ3v) is 3.32. The Labute approximate surface area is 89.3 Å². The molecule has 2 rings (SSSR count). The molecule has 0 saturated carbocycles. The first-order valence-electron chi connectivity index (χ1n) is 5.32. The summed E-state index contributed by atoms with van der Waals surface area (Å²) in [5.74, 6) is -0.272. The van der Waals surface area contributed by atoms with Crippen LogP contribution in [-0.4, -0.2) is 35.3 Å². The van der Waals surface area contributed by atoms with Crippen LogP contribution < -0.4 is 5.32 Å². The van der Waals surface area contributed by atoms with Crippen LogP contribution in [0.5, 0.6) is 0 Å². The highest BCUT2D eigenvalue weighted by Crippen LogP contribution is 2.30. The van der Waals surface area contributed by atoms with Crippen molar-refractivity contribution < 1.29 is 9.59 Å². The van der Waals surface area contributed by atoms with Gasteiger partial charge in [0.05, 0.1) is 5.54 Å². The van der Waals surface area contributed by atoms with Crippen LogP contribution in [0.4, 0.5) is 0 Å². The molecule has 0 radical (unpaired) electrons. The van der Waals surface area contributed by atoms with E-state index in [4.69, 9.17) is 0 Å². The minimum atomic E-state index is -0.298. The first kappa shape index (κ1) is 10.4. The number of hydrogen-bond donors (Lipinski definition) is 1. The van der Waals surface area contributed by atoms with E-state index in [-0.39, 0.29) is 17.4 Å². The zero-order valence-electron chi connectivity index (χ0n) is 9.17. The Morgan fingerprint density at radius 3 is 2.40 bits per heavy atom. The van der Waals surface area contributed by atoms with E-state index in [2.05, 4.69) is 5.32 Å². The Balaban J connectivity index is 2.24. The zero-order valence-corrected chi connectivity index (χ0v) is 9.17. The highest BCUT2D eigenvalue weighted by Gasteiger charge is 2.43. The SMILES string of the molecule is CC1=CC(=O)N(C2(C)CCNCC2)C1=O. The number of carbonyl (C=O) groups excluding carboxylic acids is 2. The fourth-order valence-electron chi connectivity index (χ4n) is 2.29. The second-order valence-corrected chi connectivity index (χ2v) is 4.55. The molecule has 4 heteroatoms. The summed E-state index contributed by atoms with van der Waals surface area (Å²) >= 11 is 0. The van der Waals surface area contributed by atoms with E-state index < -0.39 is 0 Å². The lowest BCUT2D eigenvalue weighted by Crippen LogP contribution is -2.55. The molecule has 1 N–H and O–H groups in total. The molecular weight excluding hydrogens is 192 g/mol. The molecule has 0 aromatic rings. The zero-order chi connectivity index (χ0) is 11.1. The summed E-state index contributed by atoms with van der Waals surface area (Å²) in [5.41, 5.74) is 0.257. The maximum absolute atomic E-state index is 11.8. The summed E-state index contributed by atoms with van der Waals surface area (Å²) in [6.07, 6.45) is 3.12. The maximum atomic E-state index is 11.8. The standard InChI is InChI=1S/C11H16N2O2/c1-8-7-9(14)13(10(8)15)11(2)3-5-12-6-4-11/h7,12H,3-6H2,1-2H3. The molecule has 82 valence electrons. The molecule has 0 aromatic carbocycles. The van der Waals surface area contributed by atoms with Gasteiger partial charge in [0, 0.05) is 11.6 Å². The van der Waals surface area contributed by atoms with Crippen molar-refractivity contribution in [2.45, 2.75) is 32.2 Å². The molecule has 0 atom stereocenters. The van der Waals surface area contributed by atoms with Crippen LogP contribution in [0.25, 0.3) is 0 Å². The molecule has 4 nitrogen and oxygen atoms in total. The van der Waals surface area contributed by atoms with Crippen LogP contribution >= 0.6 is 0 Å². The smallest absolute Gasteiger partial charge is 0.257 e. The van der Waals surface area contributed by atoms with Gasteiger partial charge in [-0.3, -0.25) is 14.5 Å². The molecule has 15 heavy (non-hydrogen) atoms. The summed E-state index contributed by atoms with van der Waals surface area (Å²) in [5, 5.41) is 3.24. The van der Waals surface area contributed by atoms with Crippen molar-refractivity contribution >= 4 is 11.8 Å². The normalized spacial score (nSPS) is 25.7. The lowest BCUT2D eigenvalue weighted by atomic mass is 9.88. The highest BCUT2D eigenvalue weighted by atomic mass is 16.2. The first-order chi connectivity index (χ1) is 7.04. The molecule has 0 spiro atoms. The van der Waals surface area contributed by atoms with Gasteiger partial charge in [-0.2, -0.15) is 0 Å². The molecule has 1 fully saturated rings. The Hall–Kier alpha value is -1.16. The number of imide groups is 1. The minimum Gasteiger partial charge on any atom is -0.317 e. The van der Waals surface area contributed by atoms with Gasteiger partial charge in [-0.05, 0) is 39.8 Å². The Morgan fingerprint density at radius 1 is 1.33 bits per heavy atom. The molecule has 2 aliphatic rings. The molecule has 2 aliphatic heterocycles. The van der Waals surface area contributed by atoms with Crippen LogP contribution in [0, 0.1) is 0 Å². The van der Waals surface area contributed by atoms with Gasteiger partial charge in [-0.25, -0.2) is 0 Å². The number of amides is 2. The lowest BCUT2D eigenvalue weighted by Gasteiger charge is -2.40. The van der Waals surface area contributed by atoms with Crippen molar-refractivity contribution in [3.63, 3.8) is 0 Å². The maximum Gasteiger partial charge on any atom is 0.257 e. The van der Waals surface area contributed by atoms with Gasteiger partial charge < -0.3 is 5.32 Å². The quantitative estimate of drug-likeness (QED) is 0.636. The lowest BCUT2D eigenvalue weighted by molar-refractivity contribution is -0.144. The first-order valence-corrected chi connectivity index (χ1v) is 5.32. The summed E-state index contributed by atoms with van der Waals surface area (Å²) in [7, 11) is 0. The number of piperidine rings is 1. The van der Waals surface area contributed by atoms with Gasteiger partial charge in [-0.1, -0.05) is 0 Å². The van der Waals surface area contributed by atoms with Crippen molar-refractivity contribution in [3.8, 4) is 0 Å². The number of nitrogens with zero attached hydrogens (tertiary/aromatic N) is 1. The van der Waals surface area contributed by atoms with Gasteiger partial charge in [0.2, 0.25) is 0 Å². The highest BCUT2D eigenvalue weighted by molar-refractivity contribution is 6.16. The number of nitrogens with one attached hydrogen (secondary N) is 1. The summed E-state index contributed by atoms with van der Waals surface area (Å²) in [4.78, 5) is 25.0. The van der Waals surface area contributed by atoms with Crippen molar-refractivity contribution in [1.29, 1.82) is 0 Å². The monoisotopic (exact) mass is 208 g/mol. The molecular formula is C11H16N2O2. The molecule has 0 unspecified atom stereocenters. The Bertz CT molecular complexity index is 340. The Kier molecular flexibility index (Phi) is 2.38. The second-order valence-electron chi connectivity index (χ2n) is 4.55. The van der Waals surface area contributed by atoms with E-state index in [0.29, 0.717) is 5.57 Å². The number of carbonyl (C=O) groups is 2. The van der Waals surface area contributed by atoms with E-state index in [9.17, 15) is 9.59 Å². The minimum absolute atomic E-state index is 0.121. The van der Waals surface area contributed by atoms with Gasteiger partial charge >= 0.3 is 0 Å². The number of hydrogen-bond acceptors (Lipinski definition) is 3. The molecule has 2 amide bonds. The summed E-state index contributed by atoms with van der Waals surface area (Å²) in [6, 6.07) is 0. The van der Waals surface area contributed by atoms with Crippen LogP contribution in [0.3, 0.4) is 0 Å². The molecule has 0 aliphatic carbocycles. The fraction of sp³-hybridized carbons (Fsp3) is 0.636. The van der Waals surface area contributed by atoms with E-state index in [0.717, 1.165) is 25.9 Å². The molecule has 0 aromatic heterocycles. The second kappa shape index (κ2) is 3.45. The third-order valence-electron chi connectivity index (χ3n) is 3.32. The summed E-state index contributed by atoms with van der Waals surface area (Å²) < 4.78 is 0. The summed E-state index contributed by atoms with van der Waals surface area (Å²) in [6.45, 7) is 5.43. The molecule has 2 heterocycles. The average molecular weight is 208 g/mol. The Morgan fingerprint density at radius 2 is 1.93 bits per heavy atom. The van der Waals surface area contributed by atoms with Crippen LogP contribution in [0.15, 0.2) is 11.6 Å². The van der Waals surface area contributed by atoms with E-state index in [1.54, 1.807) is 6.92 Å². The van der Waals surface area contributed by atoms with E-state index in [1.807, 2.05) is 6.92 Å². The van der Waals surface area contributed by atoms with Gasteiger partial charge in [0.15, 0.2) is 0 Å². The van der Waals surface area contributed by atoms with Crippen LogP contribution in [-0.2, 0) is 9.59 Å². The van der Waals surface area contributed by atoms with Crippen LogP contribution in [0.1, 0.15) is 26.7 Å². The molecule has 1 saturated heterocycles. The van der Waals surface area contributed by atoms with Crippen molar-refractivity contribution in [3.05, 3.63) is 11.6 Å². The van der Waals surface area contributed by atoms with Gasteiger partial charge in [0.25, 0.3) is 11.8 Å². The van der Waals surface area contributed by atoms with Crippen LogP contribution in [0.2, 0.25) is 0 Å². The van der Waals surface area contributed by atoms with E-state index in [1.165, 1.54) is 11.0 Å². The average Bonchev–Trinajstić information content (AvgIpc) is 2.42. The van der Waals surface area contributed by atoms with Crippen molar-refractivity contribution in [2.24, 2.45) is 0 Å². The molecule has 0 bridgehead atoms. The van der Waals surface area contributed by atoms with Crippen molar-refractivity contribution in [1.82, 2.24) is 10.2 Å². The largest absolute Gasteiger partial charge is 0.317 e. The van der Waals surface area contributed by atoms with Crippen molar-refractivity contribution in [2.75, 3.05) is 13.1 Å². The predicted octanol–water partition coefficient (Wildman–Crippen LogP) is 0.444. The topological polar surface area (TPSA) is 49.4 Å². The predicted molar refractivity (Wildman–Crippen MR) is 56.1 cm³/mol. The van der Waals surface area contributed by atoms with E-state index >= 15 is 0 Å². The fourth-order valence-corrected chi connectivity index (χ4v) is 2.29. The number of rotatable bonds is 1. The third kappa shape index (κ3) is 1.59.